The zero-order valence-corrected chi connectivity index (χ0v) is 10.9. The van der Waals surface area contributed by atoms with Crippen LogP contribution in [0.25, 0.3) is 10.8 Å². The lowest BCUT2D eigenvalue weighted by atomic mass is 9.93. The molecule has 0 saturated heterocycles. The molecule has 0 aliphatic rings. The number of hydrogen-bond donors (Lipinski definition) is 1. The van der Waals surface area contributed by atoms with Gasteiger partial charge in [-0.25, -0.2) is 0 Å². The van der Waals surface area contributed by atoms with Gasteiger partial charge in [-0.05, 0) is 34.9 Å². The van der Waals surface area contributed by atoms with E-state index in [1.807, 2.05) is 25.1 Å². The third kappa shape index (κ3) is 2.23. The smallest absolute Gasteiger partial charge is 0.162 e. The lowest BCUT2D eigenvalue weighted by molar-refractivity contribution is 0.0987. The molecule has 0 amide bonds. The summed E-state index contributed by atoms with van der Waals surface area (Å²) in [5, 5.41) is 11.6. The number of aromatic hydroxyl groups is 1. The number of carbonyl (C=O) groups excluding carboxylic acids is 1. The van der Waals surface area contributed by atoms with Crippen LogP contribution in [0.3, 0.4) is 0 Å². The summed E-state index contributed by atoms with van der Waals surface area (Å²) in [4.78, 5) is 12.0. The second-order valence-electron chi connectivity index (χ2n) is 4.52. The van der Waals surface area contributed by atoms with Crippen LogP contribution in [-0.4, -0.2) is 10.9 Å². The number of ketones is 1. The Morgan fingerprint density at radius 3 is 2.61 bits per heavy atom. The second kappa shape index (κ2) is 5.21. The van der Waals surface area contributed by atoms with E-state index in [4.69, 9.17) is 0 Å². The molecule has 2 heteroatoms. The molecule has 0 bridgehead atoms. The zero-order valence-electron chi connectivity index (χ0n) is 10.9. The van der Waals surface area contributed by atoms with Gasteiger partial charge in [-0.3, -0.25) is 4.79 Å². The predicted octanol–water partition coefficient (Wildman–Crippen LogP) is 4.09. The molecule has 0 aliphatic carbocycles. The number of hydrogen-bond acceptors (Lipinski definition) is 2. The normalized spacial score (nSPS) is 10.8. The minimum atomic E-state index is 0.188. The highest BCUT2D eigenvalue weighted by Gasteiger charge is 2.12. The molecule has 0 heterocycles. The van der Waals surface area contributed by atoms with E-state index in [9.17, 15) is 9.90 Å². The first-order chi connectivity index (χ1) is 8.67. The van der Waals surface area contributed by atoms with Crippen LogP contribution in [0.1, 0.15) is 42.6 Å². The van der Waals surface area contributed by atoms with Crippen LogP contribution < -0.4 is 0 Å². The quantitative estimate of drug-likeness (QED) is 0.820. The molecule has 1 N–H and O–H groups in total. The van der Waals surface area contributed by atoms with Gasteiger partial charge in [-0.1, -0.05) is 38.5 Å². The van der Waals surface area contributed by atoms with Crippen molar-refractivity contribution < 1.29 is 9.90 Å². The van der Waals surface area contributed by atoms with Crippen molar-refractivity contribution in [1.29, 1.82) is 0 Å². The molecule has 0 saturated carbocycles. The van der Waals surface area contributed by atoms with Gasteiger partial charge in [0, 0.05) is 12.0 Å². The van der Waals surface area contributed by atoms with E-state index in [2.05, 4.69) is 6.92 Å². The average Bonchev–Trinajstić information content (AvgIpc) is 2.38. The summed E-state index contributed by atoms with van der Waals surface area (Å²) in [5.74, 6) is 0.452. The minimum Gasteiger partial charge on any atom is -0.508 e. The number of Topliss-reactive ketones (excluding diaryl/α,β-unsaturated/α-hetero) is 1. The summed E-state index contributed by atoms with van der Waals surface area (Å²) < 4.78 is 0. The summed E-state index contributed by atoms with van der Waals surface area (Å²) in [5.41, 5.74) is 1.94. The summed E-state index contributed by atoms with van der Waals surface area (Å²) in [6.45, 7) is 4.00. The summed E-state index contributed by atoms with van der Waals surface area (Å²) in [6, 6.07) is 9.13. The first-order valence-corrected chi connectivity index (χ1v) is 6.45. The Morgan fingerprint density at radius 1 is 1.17 bits per heavy atom. The number of phenols is 1. The Bertz CT molecular complexity index is 585. The standard InChI is InChI=1S/C16H18O2/c1-3-5-14-13-9-7-12(17)10-11(13)6-8-15(14)16(18)4-2/h6-10,17H,3-5H2,1-2H3. The molecule has 0 aromatic heterocycles. The highest BCUT2D eigenvalue weighted by Crippen LogP contribution is 2.27. The van der Waals surface area contributed by atoms with Gasteiger partial charge in [0.15, 0.2) is 5.78 Å². The molecule has 2 aromatic carbocycles. The number of phenolic OH excluding ortho intramolecular Hbond substituents is 1. The number of benzene rings is 2. The fourth-order valence-electron chi connectivity index (χ4n) is 2.35. The highest BCUT2D eigenvalue weighted by atomic mass is 16.3. The van der Waals surface area contributed by atoms with Crippen LogP contribution in [0.4, 0.5) is 0 Å². The van der Waals surface area contributed by atoms with Gasteiger partial charge in [0.05, 0.1) is 0 Å². The van der Waals surface area contributed by atoms with E-state index in [1.165, 1.54) is 0 Å². The van der Waals surface area contributed by atoms with Crippen LogP contribution in [0.15, 0.2) is 30.3 Å². The van der Waals surface area contributed by atoms with Gasteiger partial charge in [0.25, 0.3) is 0 Å². The van der Waals surface area contributed by atoms with Gasteiger partial charge in [0.1, 0.15) is 5.75 Å². The van der Waals surface area contributed by atoms with E-state index < -0.39 is 0 Å². The topological polar surface area (TPSA) is 37.3 Å². The second-order valence-corrected chi connectivity index (χ2v) is 4.52. The van der Waals surface area contributed by atoms with Crippen molar-refractivity contribution >= 4 is 16.6 Å². The van der Waals surface area contributed by atoms with Crippen LogP contribution >= 0.6 is 0 Å². The Balaban J connectivity index is 2.69. The van der Waals surface area contributed by atoms with Gasteiger partial charge in [0.2, 0.25) is 0 Å². The average molecular weight is 242 g/mol. The van der Waals surface area contributed by atoms with Crippen molar-refractivity contribution in [2.75, 3.05) is 0 Å². The van der Waals surface area contributed by atoms with Crippen LogP contribution in [0, 0.1) is 0 Å². The molecule has 0 atom stereocenters. The molecule has 0 fully saturated rings. The molecule has 0 radical (unpaired) electrons. The highest BCUT2D eigenvalue weighted by molar-refractivity contribution is 6.02. The van der Waals surface area contributed by atoms with Crippen molar-refractivity contribution in [3.8, 4) is 5.75 Å². The SMILES string of the molecule is CCCc1c(C(=O)CC)ccc2cc(O)ccc12. The van der Waals surface area contributed by atoms with Crippen molar-refractivity contribution in [2.24, 2.45) is 0 Å². The van der Waals surface area contributed by atoms with E-state index >= 15 is 0 Å². The largest absolute Gasteiger partial charge is 0.508 e. The van der Waals surface area contributed by atoms with Crippen molar-refractivity contribution in [2.45, 2.75) is 33.1 Å². The molecule has 94 valence electrons. The van der Waals surface area contributed by atoms with Crippen molar-refractivity contribution in [3.63, 3.8) is 0 Å². The molecule has 18 heavy (non-hydrogen) atoms. The maximum absolute atomic E-state index is 12.0. The molecule has 2 aromatic rings. The Hall–Kier alpha value is -1.83. The summed E-state index contributed by atoms with van der Waals surface area (Å²) >= 11 is 0. The maximum atomic E-state index is 12.0. The van der Waals surface area contributed by atoms with E-state index in [0.29, 0.717) is 6.42 Å². The summed E-state index contributed by atoms with van der Waals surface area (Å²) in [7, 11) is 0. The molecular formula is C16H18O2. The molecule has 0 spiro atoms. The Morgan fingerprint density at radius 2 is 1.94 bits per heavy atom. The number of aryl methyl sites for hydroxylation is 1. The van der Waals surface area contributed by atoms with Crippen LogP contribution in [0.2, 0.25) is 0 Å². The Kier molecular flexibility index (Phi) is 3.66. The monoisotopic (exact) mass is 242 g/mol. The third-order valence-corrected chi connectivity index (χ3v) is 3.24. The fraction of sp³-hybridized carbons (Fsp3) is 0.312. The third-order valence-electron chi connectivity index (χ3n) is 3.24. The number of carbonyl (C=O) groups is 1. The number of fused-ring (bicyclic) bond motifs is 1. The fourth-order valence-corrected chi connectivity index (χ4v) is 2.35. The molecule has 0 unspecified atom stereocenters. The maximum Gasteiger partial charge on any atom is 0.162 e. The van der Waals surface area contributed by atoms with Gasteiger partial charge in [-0.2, -0.15) is 0 Å². The zero-order chi connectivity index (χ0) is 13.1. The van der Waals surface area contributed by atoms with Gasteiger partial charge >= 0.3 is 0 Å². The molecular weight excluding hydrogens is 224 g/mol. The number of rotatable bonds is 4. The minimum absolute atomic E-state index is 0.188. The van der Waals surface area contributed by atoms with Gasteiger partial charge < -0.3 is 5.11 Å². The van der Waals surface area contributed by atoms with Crippen molar-refractivity contribution in [3.05, 3.63) is 41.5 Å². The van der Waals surface area contributed by atoms with E-state index in [1.54, 1.807) is 12.1 Å². The van der Waals surface area contributed by atoms with E-state index in [-0.39, 0.29) is 11.5 Å². The lowest BCUT2D eigenvalue weighted by Crippen LogP contribution is -2.03. The molecule has 0 aliphatic heterocycles. The van der Waals surface area contributed by atoms with E-state index in [0.717, 1.165) is 34.7 Å². The Labute approximate surface area is 107 Å². The molecule has 2 nitrogen and oxygen atoms in total. The van der Waals surface area contributed by atoms with Crippen LogP contribution in [-0.2, 0) is 6.42 Å². The first-order valence-electron chi connectivity index (χ1n) is 6.45. The molecule has 2 rings (SSSR count). The van der Waals surface area contributed by atoms with Gasteiger partial charge in [-0.15, -0.1) is 0 Å². The summed E-state index contributed by atoms with van der Waals surface area (Å²) in [6.07, 6.45) is 2.42. The first kappa shape index (κ1) is 12.6. The van der Waals surface area contributed by atoms with Crippen molar-refractivity contribution in [1.82, 2.24) is 0 Å². The predicted molar refractivity (Wildman–Crippen MR) is 74.2 cm³/mol. The van der Waals surface area contributed by atoms with Crippen LogP contribution in [0.5, 0.6) is 5.75 Å². The lowest BCUT2D eigenvalue weighted by Gasteiger charge is -2.11.